The molecule has 1 aliphatic rings. The lowest BCUT2D eigenvalue weighted by Gasteiger charge is -2.19. The fourth-order valence-electron chi connectivity index (χ4n) is 3.79. The normalized spacial score (nSPS) is 15.8. The van der Waals surface area contributed by atoms with Crippen LogP contribution in [0.1, 0.15) is 36.3 Å². The Morgan fingerprint density at radius 3 is 3.03 bits per heavy atom. The standard InChI is InChI=1S/C22H25ClN4OS2/c1-4-27-21(17-11-29-19-9-13(2)5-8-16(17)19)25-26-22(27)30-12-20(28)24-18-10-15(23)7-6-14(18)3/h6-7,10-11,13H,4-5,8-9,12H2,1-3H3,(H,24,28). The van der Waals surface area contributed by atoms with Gasteiger partial charge >= 0.3 is 0 Å². The third-order valence-corrected chi connectivity index (χ3v) is 7.73. The van der Waals surface area contributed by atoms with E-state index in [-0.39, 0.29) is 11.7 Å². The lowest BCUT2D eigenvalue weighted by Crippen LogP contribution is -2.15. The molecular weight excluding hydrogens is 436 g/mol. The molecule has 1 aromatic carbocycles. The van der Waals surface area contributed by atoms with Crippen molar-refractivity contribution < 1.29 is 4.79 Å². The summed E-state index contributed by atoms with van der Waals surface area (Å²) in [4.78, 5) is 14.0. The molecule has 158 valence electrons. The first-order valence-electron chi connectivity index (χ1n) is 10.2. The highest BCUT2D eigenvalue weighted by atomic mass is 35.5. The number of anilines is 1. The number of nitrogens with zero attached hydrogens (tertiary/aromatic N) is 3. The highest BCUT2D eigenvalue weighted by Crippen LogP contribution is 2.38. The van der Waals surface area contributed by atoms with Crippen molar-refractivity contribution in [1.29, 1.82) is 0 Å². The third kappa shape index (κ3) is 4.43. The molecule has 4 rings (SSSR count). The summed E-state index contributed by atoms with van der Waals surface area (Å²) in [5.41, 5.74) is 4.37. The number of benzene rings is 1. The topological polar surface area (TPSA) is 59.8 Å². The molecule has 2 aromatic heterocycles. The summed E-state index contributed by atoms with van der Waals surface area (Å²) in [6.45, 7) is 7.12. The van der Waals surface area contributed by atoms with Crippen molar-refractivity contribution in [3.8, 4) is 11.4 Å². The zero-order chi connectivity index (χ0) is 21.3. The summed E-state index contributed by atoms with van der Waals surface area (Å²) in [6.07, 6.45) is 3.49. The molecule has 0 spiro atoms. The van der Waals surface area contributed by atoms with Crippen LogP contribution in [-0.2, 0) is 24.2 Å². The number of aromatic nitrogens is 3. The quantitative estimate of drug-likeness (QED) is 0.469. The summed E-state index contributed by atoms with van der Waals surface area (Å²) in [5, 5.41) is 15.4. The maximum Gasteiger partial charge on any atom is 0.234 e. The molecule has 3 aromatic rings. The fraction of sp³-hybridized carbons (Fsp3) is 0.409. The van der Waals surface area contributed by atoms with Crippen LogP contribution in [0.15, 0.2) is 28.7 Å². The summed E-state index contributed by atoms with van der Waals surface area (Å²) < 4.78 is 2.11. The van der Waals surface area contributed by atoms with E-state index < -0.39 is 0 Å². The molecule has 5 nitrogen and oxygen atoms in total. The van der Waals surface area contributed by atoms with Crippen LogP contribution in [0, 0.1) is 12.8 Å². The molecule has 1 atom stereocenters. The van der Waals surface area contributed by atoms with Gasteiger partial charge in [-0.25, -0.2) is 0 Å². The SMILES string of the molecule is CCn1c(SCC(=O)Nc2cc(Cl)ccc2C)nnc1-c1csc2c1CCC(C)C2. The molecule has 1 unspecified atom stereocenters. The van der Waals surface area contributed by atoms with Gasteiger partial charge in [-0.2, -0.15) is 0 Å². The van der Waals surface area contributed by atoms with E-state index in [0.717, 1.165) is 47.5 Å². The van der Waals surface area contributed by atoms with Crippen LogP contribution in [0.4, 0.5) is 5.69 Å². The molecule has 1 aliphatic carbocycles. The van der Waals surface area contributed by atoms with Crippen molar-refractivity contribution in [2.45, 2.75) is 51.7 Å². The van der Waals surface area contributed by atoms with E-state index in [1.165, 1.54) is 34.2 Å². The van der Waals surface area contributed by atoms with Crippen LogP contribution in [0.3, 0.4) is 0 Å². The Kier molecular flexibility index (Phi) is 6.51. The van der Waals surface area contributed by atoms with Gasteiger partial charge in [0.15, 0.2) is 11.0 Å². The Morgan fingerprint density at radius 1 is 1.40 bits per heavy atom. The highest BCUT2D eigenvalue weighted by Gasteiger charge is 2.24. The van der Waals surface area contributed by atoms with Crippen molar-refractivity contribution in [3.63, 3.8) is 0 Å². The van der Waals surface area contributed by atoms with Crippen LogP contribution >= 0.6 is 34.7 Å². The van der Waals surface area contributed by atoms with Gasteiger partial charge in [-0.15, -0.1) is 21.5 Å². The first kappa shape index (κ1) is 21.4. The maximum atomic E-state index is 12.5. The van der Waals surface area contributed by atoms with Gasteiger partial charge in [0.25, 0.3) is 0 Å². The molecular formula is C22H25ClN4OS2. The highest BCUT2D eigenvalue weighted by molar-refractivity contribution is 7.99. The first-order chi connectivity index (χ1) is 14.5. The fourth-order valence-corrected chi connectivity index (χ4v) is 6.01. The summed E-state index contributed by atoms with van der Waals surface area (Å²) in [6, 6.07) is 5.48. The van der Waals surface area contributed by atoms with E-state index in [4.69, 9.17) is 11.6 Å². The second-order valence-corrected chi connectivity index (χ2v) is 10.1. The molecule has 0 fully saturated rings. The lowest BCUT2D eigenvalue weighted by atomic mass is 9.88. The summed E-state index contributed by atoms with van der Waals surface area (Å²) in [7, 11) is 0. The smallest absolute Gasteiger partial charge is 0.234 e. The van der Waals surface area contributed by atoms with Crippen molar-refractivity contribution >= 4 is 46.3 Å². The minimum atomic E-state index is -0.0838. The maximum absolute atomic E-state index is 12.5. The van der Waals surface area contributed by atoms with Crippen molar-refractivity contribution in [1.82, 2.24) is 14.8 Å². The number of carbonyl (C=O) groups excluding carboxylic acids is 1. The third-order valence-electron chi connectivity index (χ3n) is 5.48. The van der Waals surface area contributed by atoms with E-state index in [2.05, 4.69) is 39.3 Å². The van der Waals surface area contributed by atoms with Gasteiger partial charge in [0.1, 0.15) is 0 Å². The van der Waals surface area contributed by atoms with Gasteiger partial charge in [-0.05, 0) is 62.3 Å². The predicted molar refractivity (Wildman–Crippen MR) is 126 cm³/mol. The zero-order valence-corrected chi connectivity index (χ0v) is 19.8. The Labute approximate surface area is 190 Å². The monoisotopic (exact) mass is 460 g/mol. The number of thiophene rings is 1. The van der Waals surface area contributed by atoms with Crippen molar-refractivity contribution in [2.75, 3.05) is 11.1 Å². The Hall–Kier alpha value is -1.83. The summed E-state index contributed by atoms with van der Waals surface area (Å²) in [5.74, 6) is 1.85. The zero-order valence-electron chi connectivity index (χ0n) is 17.4. The van der Waals surface area contributed by atoms with Gasteiger partial charge < -0.3 is 9.88 Å². The van der Waals surface area contributed by atoms with Gasteiger partial charge in [0.05, 0.1) is 5.75 Å². The number of hydrogen-bond acceptors (Lipinski definition) is 5. The Morgan fingerprint density at radius 2 is 2.23 bits per heavy atom. The van der Waals surface area contributed by atoms with E-state index >= 15 is 0 Å². The average molecular weight is 461 g/mol. The average Bonchev–Trinajstić information content (AvgIpc) is 3.31. The van der Waals surface area contributed by atoms with Crippen LogP contribution in [0.2, 0.25) is 5.02 Å². The van der Waals surface area contributed by atoms with Gasteiger partial charge in [0.2, 0.25) is 5.91 Å². The van der Waals surface area contributed by atoms with Crippen LogP contribution < -0.4 is 5.32 Å². The number of rotatable bonds is 6. The number of aryl methyl sites for hydroxylation is 1. The second-order valence-electron chi connectivity index (χ2n) is 7.75. The molecule has 1 amide bonds. The van der Waals surface area contributed by atoms with Crippen LogP contribution in [0.5, 0.6) is 0 Å². The second kappa shape index (κ2) is 9.12. The molecule has 1 N–H and O–H groups in total. The summed E-state index contributed by atoms with van der Waals surface area (Å²) >= 11 is 9.30. The molecule has 0 radical (unpaired) electrons. The molecule has 30 heavy (non-hydrogen) atoms. The molecule has 0 saturated carbocycles. The minimum Gasteiger partial charge on any atom is -0.325 e. The molecule has 0 aliphatic heterocycles. The van der Waals surface area contributed by atoms with Crippen LogP contribution in [-0.4, -0.2) is 26.4 Å². The number of fused-ring (bicyclic) bond motifs is 1. The molecule has 2 heterocycles. The number of thioether (sulfide) groups is 1. The van der Waals surface area contributed by atoms with Gasteiger partial charge in [-0.3, -0.25) is 4.79 Å². The number of nitrogens with one attached hydrogen (secondary N) is 1. The van der Waals surface area contributed by atoms with Gasteiger partial charge in [0, 0.05) is 33.1 Å². The van der Waals surface area contributed by atoms with Crippen molar-refractivity contribution in [2.24, 2.45) is 5.92 Å². The number of hydrogen-bond donors (Lipinski definition) is 1. The van der Waals surface area contributed by atoms with E-state index in [0.29, 0.717) is 5.02 Å². The first-order valence-corrected chi connectivity index (χ1v) is 12.4. The van der Waals surface area contributed by atoms with E-state index in [1.54, 1.807) is 6.07 Å². The molecule has 8 heteroatoms. The predicted octanol–water partition coefficient (Wildman–Crippen LogP) is 5.84. The minimum absolute atomic E-state index is 0.0838. The Bertz CT molecular complexity index is 1080. The lowest BCUT2D eigenvalue weighted by molar-refractivity contribution is -0.113. The molecule has 0 saturated heterocycles. The van der Waals surface area contributed by atoms with Gasteiger partial charge in [-0.1, -0.05) is 36.4 Å². The molecule has 0 bridgehead atoms. The largest absolute Gasteiger partial charge is 0.325 e. The van der Waals surface area contributed by atoms with Crippen LogP contribution in [0.25, 0.3) is 11.4 Å². The van der Waals surface area contributed by atoms with Crippen molar-refractivity contribution in [3.05, 3.63) is 44.6 Å². The van der Waals surface area contributed by atoms with E-state index in [9.17, 15) is 4.79 Å². The number of carbonyl (C=O) groups is 1. The number of halogens is 1. The Balaban J connectivity index is 1.48. The number of amides is 1. The van der Waals surface area contributed by atoms with E-state index in [1.807, 2.05) is 30.4 Å².